The Hall–Kier alpha value is 0. The highest BCUT2D eigenvalue weighted by atomic mass is 14.2. The largest absolute Gasteiger partial charge is 0.0628 e. The van der Waals surface area contributed by atoms with Crippen molar-refractivity contribution in [2.75, 3.05) is 0 Å². The van der Waals surface area contributed by atoms with E-state index in [-0.39, 0.29) is 0 Å². The lowest BCUT2D eigenvalue weighted by Gasteiger charge is -2.21. The van der Waals surface area contributed by atoms with Crippen LogP contribution in [0.15, 0.2) is 0 Å². The molecular formula is C11H23. The summed E-state index contributed by atoms with van der Waals surface area (Å²) in [4.78, 5) is 0. The van der Waals surface area contributed by atoms with E-state index in [1.54, 1.807) is 0 Å². The van der Waals surface area contributed by atoms with Gasteiger partial charge >= 0.3 is 0 Å². The normalized spacial score (nSPS) is 14.5. The van der Waals surface area contributed by atoms with Crippen LogP contribution in [0, 0.1) is 24.2 Å². The monoisotopic (exact) mass is 155 g/mol. The summed E-state index contributed by atoms with van der Waals surface area (Å²) in [5.74, 6) is 2.59. The van der Waals surface area contributed by atoms with Crippen LogP contribution in [0.5, 0.6) is 0 Å². The fourth-order valence-corrected chi connectivity index (χ4v) is 1.55. The minimum atomic E-state index is 0.841. The standard InChI is InChI=1S/C11H23/c1-6-7-11(10(4)5)8-9(2)3/h6,9-11H,7-8H2,1-5H3. The van der Waals surface area contributed by atoms with Crippen LogP contribution in [0.25, 0.3) is 0 Å². The van der Waals surface area contributed by atoms with Crippen molar-refractivity contribution >= 4 is 0 Å². The molecule has 1 atom stereocenters. The number of hydrogen-bond donors (Lipinski definition) is 0. The highest BCUT2D eigenvalue weighted by Crippen LogP contribution is 2.24. The van der Waals surface area contributed by atoms with Crippen LogP contribution < -0.4 is 0 Å². The predicted molar refractivity (Wildman–Crippen MR) is 52.4 cm³/mol. The van der Waals surface area contributed by atoms with Crippen molar-refractivity contribution in [2.45, 2.75) is 47.5 Å². The molecule has 0 aromatic heterocycles. The molecule has 1 unspecified atom stereocenters. The Morgan fingerprint density at radius 3 is 1.91 bits per heavy atom. The molecule has 67 valence electrons. The third-order valence-electron chi connectivity index (χ3n) is 2.26. The van der Waals surface area contributed by atoms with Crippen LogP contribution in [0.3, 0.4) is 0 Å². The molecule has 11 heavy (non-hydrogen) atoms. The van der Waals surface area contributed by atoms with Crippen LogP contribution in [-0.4, -0.2) is 0 Å². The molecule has 0 rings (SSSR count). The lowest BCUT2D eigenvalue weighted by Crippen LogP contribution is -2.11. The number of rotatable bonds is 5. The van der Waals surface area contributed by atoms with Crippen molar-refractivity contribution in [3.63, 3.8) is 0 Å². The van der Waals surface area contributed by atoms with E-state index in [1.165, 1.54) is 12.8 Å². The van der Waals surface area contributed by atoms with Gasteiger partial charge in [0, 0.05) is 0 Å². The second-order valence-electron chi connectivity index (χ2n) is 4.28. The molecule has 0 aliphatic rings. The van der Waals surface area contributed by atoms with Gasteiger partial charge in [-0.2, -0.15) is 0 Å². The lowest BCUT2D eigenvalue weighted by molar-refractivity contribution is 0.313. The van der Waals surface area contributed by atoms with Crippen LogP contribution >= 0.6 is 0 Å². The molecule has 0 heteroatoms. The van der Waals surface area contributed by atoms with E-state index < -0.39 is 0 Å². The molecule has 0 aliphatic heterocycles. The van der Waals surface area contributed by atoms with E-state index in [9.17, 15) is 0 Å². The molecule has 0 bridgehead atoms. The van der Waals surface area contributed by atoms with Gasteiger partial charge in [-0.15, -0.1) is 0 Å². The molecule has 0 aromatic carbocycles. The van der Waals surface area contributed by atoms with E-state index in [0.717, 1.165) is 17.8 Å². The maximum atomic E-state index is 2.33. The Labute approximate surface area is 72.4 Å². The third kappa shape index (κ3) is 5.29. The van der Waals surface area contributed by atoms with E-state index in [4.69, 9.17) is 0 Å². The zero-order valence-corrected chi connectivity index (χ0v) is 8.72. The Morgan fingerprint density at radius 2 is 1.64 bits per heavy atom. The predicted octanol–water partition coefficient (Wildman–Crippen LogP) is 3.92. The zero-order valence-electron chi connectivity index (χ0n) is 8.72. The van der Waals surface area contributed by atoms with E-state index in [2.05, 4.69) is 41.0 Å². The van der Waals surface area contributed by atoms with E-state index in [1.807, 2.05) is 0 Å². The van der Waals surface area contributed by atoms with Crippen LogP contribution in [0.4, 0.5) is 0 Å². The SMILES string of the molecule is C[CH]CC(CC(C)C)C(C)C. The quantitative estimate of drug-likeness (QED) is 0.564. The fraction of sp³-hybridized carbons (Fsp3) is 0.909. The molecule has 0 amide bonds. The first-order chi connectivity index (χ1) is 5.07. The number of hydrogen-bond acceptors (Lipinski definition) is 0. The van der Waals surface area contributed by atoms with E-state index in [0.29, 0.717) is 0 Å². The first-order valence-electron chi connectivity index (χ1n) is 4.85. The maximum absolute atomic E-state index is 2.33. The third-order valence-corrected chi connectivity index (χ3v) is 2.26. The first-order valence-corrected chi connectivity index (χ1v) is 4.85. The van der Waals surface area contributed by atoms with Gasteiger partial charge < -0.3 is 0 Å². The summed E-state index contributed by atoms with van der Waals surface area (Å²) in [6, 6.07) is 0. The van der Waals surface area contributed by atoms with Crippen LogP contribution in [0.2, 0.25) is 0 Å². The van der Waals surface area contributed by atoms with Gasteiger partial charge in [0.2, 0.25) is 0 Å². The van der Waals surface area contributed by atoms with Gasteiger partial charge in [-0.1, -0.05) is 34.6 Å². The molecule has 0 saturated carbocycles. The smallest absolute Gasteiger partial charge is 0.0386 e. The molecule has 0 spiro atoms. The lowest BCUT2D eigenvalue weighted by atomic mass is 9.84. The van der Waals surface area contributed by atoms with Gasteiger partial charge in [-0.25, -0.2) is 0 Å². The van der Waals surface area contributed by atoms with Gasteiger partial charge in [-0.3, -0.25) is 0 Å². The van der Waals surface area contributed by atoms with Crippen molar-refractivity contribution in [3.8, 4) is 0 Å². The summed E-state index contributed by atoms with van der Waals surface area (Å²) in [6.45, 7) is 11.4. The molecule has 0 aromatic rings. The summed E-state index contributed by atoms with van der Waals surface area (Å²) >= 11 is 0. The van der Waals surface area contributed by atoms with E-state index >= 15 is 0 Å². The van der Waals surface area contributed by atoms with Crippen molar-refractivity contribution in [1.82, 2.24) is 0 Å². The summed E-state index contributed by atoms with van der Waals surface area (Å²) in [7, 11) is 0. The minimum Gasteiger partial charge on any atom is -0.0628 e. The second-order valence-corrected chi connectivity index (χ2v) is 4.28. The second kappa shape index (κ2) is 5.62. The maximum Gasteiger partial charge on any atom is -0.0386 e. The van der Waals surface area contributed by atoms with Gasteiger partial charge in [0.05, 0.1) is 0 Å². The average Bonchev–Trinajstić information content (AvgIpc) is 1.86. The molecule has 0 heterocycles. The summed E-state index contributed by atoms with van der Waals surface area (Å²) in [5.41, 5.74) is 0. The Morgan fingerprint density at radius 1 is 1.09 bits per heavy atom. The summed E-state index contributed by atoms with van der Waals surface area (Å²) in [6.07, 6.45) is 4.96. The topological polar surface area (TPSA) is 0 Å². The molecule has 0 N–H and O–H groups in total. The Bertz CT molecular complexity index is 82.0. The Kier molecular flexibility index (Phi) is 5.62. The van der Waals surface area contributed by atoms with Gasteiger partial charge in [0.25, 0.3) is 0 Å². The van der Waals surface area contributed by atoms with Gasteiger partial charge in [0.15, 0.2) is 0 Å². The molecule has 0 nitrogen and oxygen atoms in total. The molecular weight excluding hydrogens is 132 g/mol. The van der Waals surface area contributed by atoms with Crippen molar-refractivity contribution in [3.05, 3.63) is 6.42 Å². The highest BCUT2D eigenvalue weighted by molar-refractivity contribution is 4.70. The zero-order chi connectivity index (χ0) is 8.85. The highest BCUT2D eigenvalue weighted by Gasteiger charge is 2.13. The minimum absolute atomic E-state index is 0.841. The summed E-state index contributed by atoms with van der Waals surface area (Å²) < 4.78 is 0. The van der Waals surface area contributed by atoms with Gasteiger partial charge in [0.1, 0.15) is 0 Å². The molecule has 1 radical (unpaired) electrons. The van der Waals surface area contributed by atoms with Crippen LogP contribution in [0.1, 0.15) is 47.5 Å². The van der Waals surface area contributed by atoms with Gasteiger partial charge in [-0.05, 0) is 37.0 Å². The molecule has 0 aliphatic carbocycles. The molecule has 0 fully saturated rings. The van der Waals surface area contributed by atoms with Crippen molar-refractivity contribution in [1.29, 1.82) is 0 Å². The Balaban J connectivity index is 3.69. The fourth-order valence-electron chi connectivity index (χ4n) is 1.55. The van der Waals surface area contributed by atoms with Crippen LogP contribution in [-0.2, 0) is 0 Å². The summed E-state index contributed by atoms with van der Waals surface area (Å²) in [5, 5.41) is 0. The molecule has 0 saturated heterocycles. The average molecular weight is 155 g/mol. The van der Waals surface area contributed by atoms with Crippen molar-refractivity contribution < 1.29 is 0 Å². The van der Waals surface area contributed by atoms with Crippen molar-refractivity contribution in [2.24, 2.45) is 17.8 Å². The first kappa shape index (κ1) is 11.0.